The molecule has 1 fully saturated rings. The number of hydrogen-bond acceptors (Lipinski definition) is 8. The number of nitrogens with zero attached hydrogens (tertiary/aromatic N) is 5. The van der Waals surface area contributed by atoms with Gasteiger partial charge in [-0.1, -0.05) is 29.3 Å². The number of fused-ring (bicyclic) bond motifs is 2. The van der Waals surface area contributed by atoms with Crippen molar-refractivity contribution in [3.8, 4) is 0 Å². The molecule has 1 aromatic carbocycles. The summed E-state index contributed by atoms with van der Waals surface area (Å²) in [4.78, 5) is 27.9. The van der Waals surface area contributed by atoms with Crippen LogP contribution in [-0.4, -0.2) is 45.8 Å². The predicted molar refractivity (Wildman–Crippen MR) is 126 cm³/mol. The highest BCUT2D eigenvalue weighted by Gasteiger charge is 2.24. The van der Waals surface area contributed by atoms with Crippen molar-refractivity contribution in [3.05, 3.63) is 56.1 Å². The molecule has 0 bridgehead atoms. The third-order valence-corrected chi connectivity index (χ3v) is 6.92. The molecule has 11 heteroatoms. The number of anilines is 1. The summed E-state index contributed by atoms with van der Waals surface area (Å²) < 4.78 is 1.65. The maximum atomic E-state index is 13.6. The minimum atomic E-state index is -0.333. The Morgan fingerprint density at radius 1 is 1.16 bits per heavy atom. The molecule has 4 heterocycles. The van der Waals surface area contributed by atoms with Gasteiger partial charge in [-0.15, -0.1) is 11.3 Å². The van der Waals surface area contributed by atoms with Crippen molar-refractivity contribution in [1.82, 2.24) is 24.9 Å². The molecule has 0 aliphatic carbocycles. The Bertz CT molecular complexity index is 1330. The zero-order valence-corrected chi connectivity index (χ0v) is 18.9. The van der Waals surface area contributed by atoms with Crippen molar-refractivity contribution < 1.29 is 0 Å². The molecule has 2 N–H and O–H groups in total. The minimum absolute atomic E-state index is 0.178. The molecule has 31 heavy (non-hydrogen) atoms. The highest BCUT2D eigenvalue weighted by Crippen LogP contribution is 2.34. The lowest BCUT2D eigenvalue weighted by Gasteiger charge is -2.33. The van der Waals surface area contributed by atoms with Gasteiger partial charge in [0.05, 0.1) is 32.4 Å². The molecule has 1 aliphatic rings. The number of hydrogen-bond donors (Lipinski definition) is 2. The Balaban J connectivity index is 1.65. The SMILES string of the molecule is CC(Nc1ncnc2scc(Cl)c12)c1nc2cccc(Cl)c2c(=O)n1N1CCNCC1. The summed E-state index contributed by atoms with van der Waals surface area (Å²) in [5.41, 5.74) is 0.386. The van der Waals surface area contributed by atoms with Crippen molar-refractivity contribution in [3.63, 3.8) is 0 Å². The maximum Gasteiger partial charge on any atom is 0.281 e. The van der Waals surface area contributed by atoms with Crippen LogP contribution in [0.4, 0.5) is 5.82 Å². The van der Waals surface area contributed by atoms with Crippen LogP contribution in [0, 0.1) is 0 Å². The molecule has 3 aromatic heterocycles. The zero-order chi connectivity index (χ0) is 21.5. The van der Waals surface area contributed by atoms with Gasteiger partial charge < -0.3 is 15.6 Å². The van der Waals surface area contributed by atoms with E-state index >= 15 is 0 Å². The fraction of sp³-hybridized carbons (Fsp3) is 0.300. The first-order valence-corrected chi connectivity index (χ1v) is 11.5. The number of benzene rings is 1. The van der Waals surface area contributed by atoms with E-state index in [1.165, 1.54) is 17.7 Å². The summed E-state index contributed by atoms with van der Waals surface area (Å²) >= 11 is 14.2. The van der Waals surface area contributed by atoms with Gasteiger partial charge in [-0.2, -0.15) is 0 Å². The standard InChI is InChI=1S/C20H19Cl2N7OS/c1-11(26-17-16-13(22)9-31-19(16)25-10-24-17)18-27-14-4-2-3-12(21)15(14)20(30)29(18)28-7-5-23-6-8-28/h2-4,9-11,23H,5-8H2,1H3,(H,24,25,26). The van der Waals surface area contributed by atoms with E-state index < -0.39 is 0 Å². The molecule has 8 nitrogen and oxygen atoms in total. The first kappa shape index (κ1) is 20.4. The van der Waals surface area contributed by atoms with Crippen LogP contribution in [0.15, 0.2) is 34.7 Å². The van der Waals surface area contributed by atoms with Gasteiger partial charge in [0, 0.05) is 31.6 Å². The normalized spacial score (nSPS) is 15.5. The lowest BCUT2D eigenvalue weighted by atomic mass is 10.2. The maximum absolute atomic E-state index is 13.6. The van der Waals surface area contributed by atoms with Crippen LogP contribution in [0.5, 0.6) is 0 Å². The second-order valence-electron chi connectivity index (χ2n) is 7.28. The van der Waals surface area contributed by atoms with E-state index in [9.17, 15) is 4.79 Å². The topological polar surface area (TPSA) is 88.0 Å². The molecule has 0 amide bonds. The van der Waals surface area contributed by atoms with E-state index in [0.29, 0.717) is 45.7 Å². The van der Waals surface area contributed by atoms with Crippen molar-refractivity contribution in [2.24, 2.45) is 0 Å². The Labute approximate surface area is 191 Å². The molecule has 0 saturated carbocycles. The lowest BCUT2D eigenvalue weighted by Crippen LogP contribution is -2.54. The fourth-order valence-corrected chi connectivity index (χ4v) is 5.21. The molecule has 1 saturated heterocycles. The summed E-state index contributed by atoms with van der Waals surface area (Å²) in [6, 6.07) is 4.99. The molecule has 0 radical (unpaired) electrons. The van der Waals surface area contributed by atoms with Gasteiger partial charge in [-0.05, 0) is 19.1 Å². The Kier molecular flexibility index (Phi) is 5.43. The number of halogens is 2. The van der Waals surface area contributed by atoms with E-state index in [0.717, 1.165) is 23.3 Å². The minimum Gasteiger partial charge on any atom is -0.360 e. The van der Waals surface area contributed by atoms with Gasteiger partial charge in [-0.3, -0.25) is 4.79 Å². The van der Waals surface area contributed by atoms with Gasteiger partial charge in [0.2, 0.25) is 0 Å². The zero-order valence-electron chi connectivity index (χ0n) is 16.6. The largest absolute Gasteiger partial charge is 0.360 e. The third kappa shape index (κ3) is 3.61. The van der Waals surface area contributed by atoms with Crippen molar-refractivity contribution in [2.45, 2.75) is 13.0 Å². The van der Waals surface area contributed by atoms with Crippen LogP contribution < -0.4 is 21.2 Å². The predicted octanol–water partition coefficient (Wildman–Crippen LogP) is 3.42. The van der Waals surface area contributed by atoms with Crippen LogP contribution in [0.3, 0.4) is 0 Å². The molecule has 5 rings (SSSR count). The first-order chi connectivity index (χ1) is 15.0. The van der Waals surface area contributed by atoms with Gasteiger partial charge in [-0.25, -0.2) is 19.6 Å². The van der Waals surface area contributed by atoms with Gasteiger partial charge in [0.1, 0.15) is 17.0 Å². The van der Waals surface area contributed by atoms with E-state index in [1.807, 2.05) is 17.3 Å². The number of aromatic nitrogens is 4. The van der Waals surface area contributed by atoms with Crippen molar-refractivity contribution >= 4 is 61.5 Å². The molecule has 1 unspecified atom stereocenters. The average Bonchev–Trinajstić information content (AvgIpc) is 3.16. The average molecular weight is 476 g/mol. The number of thiophene rings is 1. The number of piperazine rings is 1. The number of nitrogens with one attached hydrogen (secondary N) is 2. The van der Waals surface area contributed by atoms with E-state index in [1.54, 1.807) is 22.9 Å². The van der Waals surface area contributed by atoms with Crippen molar-refractivity contribution in [1.29, 1.82) is 0 Å². The molecule has 1 atom stereocenters. The van der Waals surface area contributed by atoms with E-state index in [4.69, 9.17) is 28.2 Å². The second-order valence-corrected chi connectivity index (χ2v) is 8.95. The van der Waals surface area contributed by atoms with Crippen LogP contribution in [0.1, 0.15) is 18.8 Å². The molecule has 4 aromatic rings. The molecule has 0 spiro atoms. The summed E-state index contributed by atoms with van der Waals surface area (Å²) in [5.74, 6) is 1.19. The number of rotatable bonds is 4. The molecular weight excluding hydrogens is 457 g/mol. The lowest BCUT2D eigenvalue weighted by molar-refractivity contribution is 0.461. The van der Waals surface area contributed by atoms with Crippen LogP contribution in [0.2, 0.25) is 10.0 Å². The van der Waals surface area contributed by atoms with E-state index in [-0.39, 0.29) is 11.6 Å². The Morgan fingerprint density at radius 3 is 2.77 bits per heavy atom. The van der Waals surface area contributed by atoms with Gasteiger partial charge in [0.15, 0.2) is 5.82 Å². The van der Waals surface area contributed by atoms with Gasteiger partial charge >= 0.3 is 0 Å². The first-order valence-electron chi connectivity index (χ1n) is 9.86. The van der Waals surface area contributed by atoms with E-state index in [2.05, 4.69) is 20.6 Å². The highest BCUT2D eigenvalue weighted by atomic mass is 35.5. The summed E-state index contributed by atoms with van der Waals surface area (Å²) in [5, 5.41) is 12.7. The monoisotopic (exact) mass is 475 g/mol. The highest BCUT2D eigenvalue weighted by molar-refractivity contribution is 7.17. The third-order valence-electron chi connectivity index (χ3n) is 5.29. The fourth-order valence-electron chi connectivity index (χ4n) is 3.82. The second kappa shape index (κ2) is 8.23. The van der Waals surface area contributed by atoms with Gasteiger partial charge in [0.25, 0.3) is 5.56 Å². The smallest absolute Gasteiger partial charge is 0.281 e. The summed E-state index contributed by atoms with van der Waals surface area (Å²) in [7, 11) is 0. The molecular formula is C20H19Cl2N7OS. The van der Waals surface area contributed by atoms with Crippen LogP contribution in [-0.2, 0) is 0 Å². The summed E-state index contributed by atoms with van der Waals surface area (Å²) in [6.07, 6.45) is 1.50. The van der Waals surface area contributed by atoms with Crippen LogP contribution >= 0.6 is 34.5 Å². The quantitative estimate of drug-likeness (QED) is 0.467. The summed E-state index contributed by atoms with van der Waals surface area (Å²) in [6.45, 7) is 4.89. The Hall–Kier alpha value is -2.46. The molecule has 160 valence electrons. The molecule has 1 aliphatic heterocycles. The Morgan fingerprint density at radius 2 is 1.97 bits per heavy atom. The van der Waals surface area contributed by atoms with Crippen LogP contribution in [0.25, 0.3) is 21.1 Å². The van der Waals surface area contributed by atoms with Crippen molar-refractivity contribution in [2.75, 3.05) is 36.5 Å².